The van der Waals surface area contributed by atoms with Crippen LogP contribution < -0.4 is 14.8 Å². The minimum absolute atomic E-state index is 0.200. The van der Waals surface area contributed by atoms with Gasteiger partial charge in [-0.05, 0) is 42.0 Å². The Hall–Kier alpha value is -3.87. The van der Waals surface area contributed by atoms with Gasteiger partial charge in [0.25, 0.3) is 5.91 Å². The highest BCUT2D eigenvalue weighted by Crippen LogP contribution is 2.24. The Morgan fingerprint density at radius 3 is 2.58 bits per heavy atom. The molecule has 31 heavy (non-hydrogen) atoms. The van der Waals surface area contributed by atoms with E-state index in [4.69, 9.17) is 9.47 Å². The molecule has 0 aliphatic rings. The summed E-state index contributed by atoms with van der Waals surface area (Å²) >= 11 is 0. The zero-order chi connectivity index (χ0) is 21.8. The smallest absolute Gasteiger partial charge is 0.251 e. The summed E-state index contributed by atoms with van der Waals surface area (Å²) in [6.07, 6.45) is 1.75. The molecule has 6 nitrogen and oxygen atoms in total. The third kappa shape index (κ3) is 4.50. The van der Waals surface area contributed by atoms with Gasteiger partial charge < -0.3 is 14.8 Å². The van der Waals surface area contributed by atoms with Crippen LogP contribution in [-0.4, -0.2) is 29.9 Å². The number of aromatic nitrogens is 2. The van der Waals surface area contributed by atoms with E-state index in [9.17, 15) is 9.18 Å². The molecule has 0 aliphatic heterocycles. The lowest BCUT2D eigenvalue weighted by Crippen LogP contribution is -2.23. The van der Waals surface area contributed by atoms with Crippen molar-refractivity contribution in [2.24, 2.45) is 0 Å². The molecule has 0 radical (unpaired) electrons. The minimum atomic E-state index is -0.276. The maximum absolute atomic E-state index is 13.2. The predicted octanol–water partition coefficient (Wildman–Crippen LogP) is 4.17. The third-order valence-electron chi connectivity index (χ3n) is 5.09. The van der Waals surface area contributed by atoms with Gasteiger partial charge in [-0.1, -0.05) is 18.2 Å². The lowest BCUT2D eigenvalue weighted by Gasteiger charge is -2.11. The molecule has 0 bridgehead atoms. The SMILES string of the molecule is COc1ccc(CNC(=O)c2ccc3cnn(Cc4ccc(F)cc4)c3c2)c(OC)c1. The summed E-state index contributed by atoms with van der Waals surface area (Å²) in [5.74, 6) is 0.857. The average molecular weight is 419 g/mol. The fourth-order valence-corrected chi connectivity index (χ4v) is 3.38. The number of benzene rings is 3. The van der Waals surface area contributed by atoms with E-state index in [0.717, 1.165) is 22.0 Å². The molecule has 0 spiro atoms. The normalized spacial score (nSPS) is 10.8. The first-order valence-corrected chi connectivity index (χ1v) is 9.76. The number of nitrogens with one attached hydrogen (secondary N) is 1. The van der Waals surface area contributed by atoms with Gasteiger partial charge in [0.15, 0.2) is 0 Å². The molecule has 158 valence electrons. The number of amides is 1. The first kappa shape index (κ1) is 20.4. The molecule has 0 atom stereocenters. The van der Waals surface area contributed by atoms with Gasteiger partial charge in [0, 0.05) is 29.1 Å². The molecule has 1 N–H and O–H groups in total. The second-order valence-corrected chi connectivity index (χ2v) is 7.06. The van der Waals surface area contributed by atoms with Gasteiger partial charge in [0.05, 0.1) is 32.5 Å². The highest BCUT2D eigenvalue weighted by molar-refractivity contribution is 5.97. The molecule has 0 saturated carbocycles. The molecule has 4 aromatic rings. The number of hydrogen-bond donors (Lipinski definition) is 1. The van der Waals surface area contributed by atoms with Crippen LogP contribution in [0.5, 0.6) is 11.5 Å². The molecule has 0 saturated heterocycles. The van der Waals surface area contributed by atoms with Crippen molar-refractivity contribution in [1.29, 1.82) is 0 Å². The van der Waals surface area contributed by atoms with E-state index in [0.29, 0.717) is 30.2 Å². The van der Waals surface area contributed by atoms with Crippen molar-refractivity contribution in [2.75, 3.05) is 14.2 Å². The van der Waals surface area contributed by atoms with Crippen LogP contribution in [-0.2, 0) is 13.1 Å². The number of carbonyl (C=O) groups excluding carboxylic acids is 1. The molecule has 1 aromatic heterocycles. The summed E-state index contributed by atoms with van der Waals surface area (Å²) in [6, 6.07) is 17.2. The van der Waals surface area contributed by atoms with Crippen LogP contribution in [0.25, 0.3) is 10.9 Å². The van der Waals surface area contributed by atoms with E-state index in [1.54, 1.807) is 49.4 Å². The van der Waals surface area contributed by atoms with Crippen LogP contribution in [0.3, 0.4) is 0 Å². The zero-order valence-electron chi connectivity index (χ0n) is 17.3. The summed E-state index contributed by atoms with van der Waals surface area (Å²) in [7, 11) is 3.17. The van der Waals surface area contributed by atoms with E-state index in [1.165, 1.54) is 12.1 Å². The fourth-order valence-electron chi connectivity index (χ4n) is 3.38. The van der Waals surface area contributed by atoms with Crippen LogP contribution in [0.2, 0.25) is 0 Å². The largest absolute Gasteiger partial charge is 0.497 e. The lowest BCUT2D eigenvalue weighted by atomic mass is 10.1. The standard InChI is InChI=1S/C24H22FN3O3/c1-30-21-10-7-19(23(12-21)31-2)13-26-24(29)17-5-6-18-14-27-28(22(18)11-17)15-16-3-8-20(25)9-4-16/h3-12,14H,13,15H2,1-2H3,(H,26,29). The Balaban J connectivity index is 1.51. The molecular weight excluding hydrogens is 397 g/mol. The van der Waals surface area contributed by atoms with Crippen LogP contribution in [0.4, 0.5) is 4.39 Å². The number of methoxy groups -OCH3 is 2. The second kappa shape index (κ2) is 8.87. The first-order chi connectivity index (χ1) is 15.1. The molecule has 1 heterocycles. The molecule has 3 aromatic carbocycles. The Morgan fingerprint density at radius 1 is 1.03 bits per heavy atom. The van der Waals surface area contributed by atoms with E-state index in [1.807, 2.05) is 24.3 Å². The number of nitrogens with zero attached hydrogens (tertiary/aromatic N) is 2. The zero-order valence-corrected chi connectivity index (χ0v) is 17.3. The minimum Gasteiger partial charge on any atom is -0.497 e. The second-order valence-electron chi connectivity index (χ2n) is 7.06. The van der Waals surface area contributed by atoms with E-state index in [-0.39, 0.29) is 11.7 Å². The Labute approximate surface area is 179 Å². The highest BCUT2D eigenvalue weighted by atomic mass is 19.1. The third-order valence-corrected chi connectivity index (χ3v) is 5.09. The molecule has 7 heteroatoms. The van der Waals surface area contributed by atoms with Crippen LogP contribution >= 0.6 is 0 Å². The topological polar surface area (TPSA) is 65.4 Å². The van der Waals surface area contributed by atoms with Crippen molar-refractivity contribution in [3.8, 4) is 11.5 Å². The number of rotatable bonds is 7. The monoisotopic (exact) mass is 419 g/mol. The summed E-state index contributed by atoms with van der Waals surface area (Å²) in [5, 5.41) is 8.26. The molecule has 0 unspecified atom stereocenters. The van der Waals surface area contributed by atoms with Gasteiger partial charge in [-0.15, -0.1) is 0 Å². The fraction of sp³-hybridized carbons (Fsp3) is 0.167. The summed E-state index contributed by atoms with van der Waals surface area (Å²) in [5.41, 5.74) is 3.13. The van der Waals surface area contributed by atoms with Crippen molar-refractivity contribution in [2.45, 2.75) is 13.1 Å². The van der Waals surface area contributed by atoms with Crippen LogP contribution in [0.1, 0.15) is 21.5 Å². The highest BCUT2D eigenvalue weighted by Gasteiger charge is 2.12. The van der Waals surface area contributed by atoms with Crippen molar-refractivity contribution < 1.29 is 18.7 Å². The van der Waals surface area contributed by atoms with E-state index >= 15 is 0 Å². The maximum Gasteiger partial charge on any atom is 0.251 e. The molecule has 0 fully saturated rings. The van der Waals surface area contributed by atoms with Gasteiger partial charge >= 0.3 is 0 Å². The molecule has 1 amide bonds. The maximum atomic E-state index is 13.2. The molecule has 4 rings (SSSR count). The predicted molar refractivity (Wildman–Crippen MR) is 116 cm³/mol. The van der Waals surface area contributed by atoms with E-state index < -0.39 is 0 Å². The van der Waals surface area contributed by atoms with Gasteiger partial charge in [-0.25, -0.2) is 4.39 Å². The number of carbonyl (C=O) groups is 1. The van der Waals surface area contributed by atoms with Gasteiger partial charge in [0.2, 0.25) is 0 Å². The number of ether oxygens (including phenoxy) is 2. The Morgan fingerprint density at radius 2 is 1.84 bits per heavy atom. The van der Waals surface area contributed by atoms with Crippen molar-refractivity contribution >= 4 is 16.8 Å². The summed E-state index contributed by atoms with van der Waals surface area (Å²) in [6.45, 7) is 0.802. The number of fused-ring (bicyclic) bond motifs is 1. The molecular formula is C24H22FN3O3. The number of hydrogen-bond acceptors (Lipinski definition) is 4. The average Bonchev–Trinajstić information content (AvgIpc) is 3.20. The Kier molecular flexibility index (Phi) is 5.84. The van der Waals surface area contributed by atoms with E-state index in [2.05, 4.69) is 10.4 Å². The lowest BCUT2D eigenvalue weighted by molar-refractivity contribution is 0.0951. The van der Waals surface area contributed by atoms with Gasteiger partial charge in [0.1, 0.15) is 17.3 Å². The summed E-state index contributed by atoms with van der Waals surface area (Å²) < 4.78 is 25.5. The Bertz CT molecular complexity index is 1220. The number of halogens is 1. The van der Waals surface area contributed by atoms with Gasteiger partial charge in [-0.3, -0.25) is 9.48 Å². The van der Waals surface area contributed by atoms with Crippen LogP contribution in [0, 0.1) is 5.82 Å². The van der Waals surface area contributed by atoms with Crippen molar-refractivity contribution in [3.63, 3.8) is 0 Å². The van der Waals surface area contributed by atoms with Crippen molar-refractivity contribution in [3.05, 3.63) is 89.4 Å². The summed E-state index contributed by atoms with van der Waals surface area (Å²) in [4.78, 5) is 12.8. The quantitative estimate of drug-likeness (QED) is 0.488. The van der Waals surface area contributed by atoms with Crippen LogP contribution in [0.15, 0.2) is 66.9 Å². The van der Waals surface area contributed by atoms with Gasteiger partial charge in [-0.2, -0.15) is 5.10 Å². The van der Waals surface area contributed by atoms with Crippen molar-refractivity contribution in [1.82, 2.24) is 15.1 Å². The first-order valence-electron chi connectivity index (χ1n) is 9.76. The molecule has 0 aliphatic carbocycles.